The highest BCUT2D eigenvalue weighted by atomic mass is 16.7. The van der Waals surface area contributed by atoms with Crippen molar-refractivity contribution in [1.82, 2.24) is 0 Å². The molecule has 7 nitrogen and oxygen atoms in total. The molecule has 2 rings (SSSR count). The van der Waals surface area contributed by atoms with Crippen LogP contribution in [0.1, 0.15) is 19.4 Å². The Kier molecular flexibility index (Phi) is 8.38. The smallest absolute Gasteiger partial charge is 0.332 e. The van der Waals surface area contributed by atoms with Gasteiger partial charge in [-0.2, -0.15) is 0 Å². The summed E-state index contributed by atoms with van der Waals surface area (Å²) in [6, 6.07) is 9.24. The van der Waals surface area contributed by atoms with Crippen LogP contribution in [-0.4, -0.2) is 48.8 Å². The molecule has 7 heteroatoms. The second-order valence-electron chi connectivity index (χ2n) is 6.09. The number of rotatable bonds is 11. The molecule has 0 saturated carbocycles. The molecule has 0 aliphatic heterocycles. The van der Waals surface area contributed by atoms with E-state index in [1.165, 1.54) is 6.08 Å². The third kappa shape index (κ3) is 5.51. The van der Waals surface area contributed by atoms with Crippen LogP contribution in [0.3, 0.4) is 0 Å². The molecule has 0 radical (unpaired) electrons. The molecule has 152 valence electrons. The Morgan fingerprint density at radius 1 is 1.11 bits per heavy atom. The second-order valence-corrected chi connectivity index (χ2v) is 6.09. The van der Waals surface area contributed by atoms with E-state index in [4.69, 9.17) is 18.9 Å². The van der Waals surface area contributed by atoms with Crippen molar-refractivity contribution < 1.29 is 33.6 Å². The van der Waals surface area contributed by atoms with Crippen molar-refractivity contribution in [2.75, 3.05) is 19.8 Å². The summed E-state index contributed by atoms with van der Waals surface area (Å²) >= 11 is 0. The van der Waals surface area contributed by atoms with Crippen molar-refractivity contribution >= 4 is 11.9 Å². The van der Waals surface area contributed by atoms with Crippen molar-refractivity contribution in [2.45, 2.75) is 32.3 Å². The van der Waals surface area contributed by atoms with Crippen molar-refractivity contribution in [3.8, 4) is 0 Å². The van der Waals surface area contributed by atoms with Gasteiger partial charge in [0.25, 0.3) is 0 Å². The summed E-state index contributed by atoms with van der Waals surface area (Å²) < 4.78 is 22.3. The Labute approximate surface area is 164 Å². The van der Waals surface area contributed by atoms with Gasteiger partial charge in [0.2, 0.25) is 0 Å². The van der Waals surface area contributed by atoms with E-state index in [-0.39, 0.29) is 19.8 Å². The number of hydrogen-bond acceptors (Lipinski definition) is 6. The standard InChI is InChI=1S/C21H26O7/c1-3-25-20(26-4-2)21(13-9-8-12-17(21)19(23)24)28-15-18(22)27-14-16-10-6-5-7-11-16/h5-13,17,20H,3-4,14-15H2,1-2H3,(H,23,24). The molecule has 1 aliphatic rings. The Bertz CT molecular complexity index is 692. The molecule has 1 aromatic carbocycles. The Hall–Kier alpha value is -2.48. The Balaban J connectivity index is 2.13. The third-order valence-electron chi connectivity index (χ3n) is 4.21. The number of carboxylic acids is 1. The molecular formula is C21H26O7. The summed E-state index contributed by atoms with van der Waals surface area (Å²) in [7, 11) is 0. The number of carboxylic acid groups (broad SMARTS) is 1. The zero-order valence-electron chi connectivity index (χ0n) is 16.1. The molecule has 0 bridgehead atoms. The first-order valence-electron chi connectivity index (χ1n) is 9.19. The van der Waals surface area contributed by atoms with E-state index in [0.717, 1.165) is 5.56 Å². The van der Waals surface area contributed by atoms with Crippen molar-refractivity contribution in [1.29, 1.82) is 0 Å². The van der Waals surface area contributed by atoms with E-state index in [1.807, 2.05) is 30.3 Å². The summed E-state index contributed by atoms with van der Waals surface area (Å²) in [5, 5.41) is 9.68. The first-order chi connectivity index (χ1) is 13.5. The molecule has 28 heavy (non-hydrogen) atoms. The van der Waals surface area contributed by atoms with Gasteiger partial charge in [-0.25, -0.2) is 4.79 Å². The van der Waals surface area contributed by atoms with E-state index in [1.54, 1.807) is 32.1 Å². The summed E-state index contributed by atoms with van der Waals surface area (Å²) in [6.45, 7) is 3.79. The number of hydrogen-bond donors (Lipinski definition) is 1. The quantitative estimate of drug-likeness (QED) is 0.459. The van der Waals surface area contributed by atoms with Gasteiger partial charge >= 0.3 is 11.9 Å². The van der Waals surface area contributed by atoms with Crippen LogP contribution in [-0.2, 0) is 35.1 Å². The van der Waals surface area contributed by atoms with Gasteiger partial charge in [-0.15, -0.1) is 0 Å². The van der Waals surface area contributed by atoms with E-state index < -0.39 is 36.4 Å². The molecule has 1 aromatic rings. The fourth-order valence-electron chi connectivity index (χ4n) is 2.92. The van der Waals surface area contributed by atoms with Gasteiger partial charge in [-0.3, -0.25) is 4.79 Å². The van der Waals surface area contributed by atoms with E-state index in [2.05, 4.69) is 0 Å². The van der Waals surface area contributed by atoms with Crippen molar-refractivity contribution in [3.63, 3.8) is 0 Å². The van der Waals surface area contributed by atoms with Crippen LogP contribution >= 0.6 is 0 Å². The van der Waals surface area contributed by atoms with Crippen LogP contribution in [0.2, 0.25) is 0 Å². The topological polar surface area (TPSA) is 91.3 Å². The zero-order valence-corrected chi connectivity index (χ0v) is 16.1. The van der Waals surface area contributed by atoms with E-state index in [9.17, 15) is 14.7 Å². The molecule has 2 unspecified atom stereocenters. The molecule has 0 heterocycles. The highest BCUT2D eigenvalue weighted by Gasteiger charge is 2.50. The summed E-state index contributed by atoms with van der Waals surface area (Å²) in [4.78, 5) is 24.0. The monoisotopic (exact) mass is 390 g/mol. The number of carbonyl (C=O) groups excluding carboxylic acids is 1. The molecule has 0 amide bonds. The first-order valence-corrected chi connectivity index (χ1v) is 9.19. The molecule has 1 aliphatic carbocycles. The van der Waals surface area contributed by atoms with Gasteiger partial charge in [-0.05, 0) is 25.5 Å². The minimum atomic E-state index is -1.49. The zero-order chi connectivity index (χ0) is 20.4. The second kappa shape index (κ2) is 10.8. The van der Waals surface area contributed by atoms with Gasteiger partial charge in [0.05, 0.1) is 0 Å². The van der Waals surface area contributed by atoms with Gasteiger partial charge in [-0.1, -0.05) is 48.6 Å². The summed E-state index contributed by atoms with van der Waals surface area (Å²) in [5.74, 6) is -2.80. The maximum Gasteiger partial charge on any atom is 0.332 e. The summed E-state index contributed by atoms with van der Waals surface area (Å²) in [6.07, 6.45) is 5.32. The number of ether oxygens (including phenoxy) is 4. The number of benzene rings is 1. The highest BCUT2D eigenvalue weighted by molar-refractivity contribution is 5.76. The lowest BCUT2D eigenvalue weighted by Gasteiger charge is -2.41. The SMILES string of the molecule is CCOC(OCC)C1(OCC(=O)OCc2ccccc2)C=CC=CC1C(=O)O. The fourth-order valence-corrected chi connectivity index (χ4v) is 2.92. The van der Waals surface area contributed by atoms with Crippen LogP contribution < -0.4 is 0 Å². The van der Waals surface area contributed by atoms with Gasteiger partial charge in [0.1, 0.15) is 19.1 Å². The van der Waals surface area contributed by atoms with Crippen molar-refractivity contribution in [3.05, 3.63) is 60.2 Å². The van der Waals surface area contributed by atoms with Gasteiger partial charge in [0, 0.05) is 13.2 Å². The van der Waals surface area contributed by atoms with Crippen LogP contribution in [0.15, 0.2) is 54.6 Å². The molecule has 0 fully saturated rings. The Morgan fingerprint density at radius 3 is 2.39 bits per heavy atom. The van der Waals surface area contributed by atoms with Crippen LogP contribution in [0.4, 0.5) is 0 Å². The lowest BCUT2D eigenvalue weighted by Crippen LogP contribution is -2.55. The van der Waals surface area contributed by atoms with Gasteiger partial charge in [0.15, 0.2) is 11.9 Å². The Morgan fingerprint density at radius 2 is 1.79 bits per heavy atom. The minimum absolute atomic E-state index is 0.106. The summed E-state index contributed by atoms with van der Waals surface area (Å²) in [5.41, 5.74) is -0.644. The lowest BCUT2D eigenvalue weighted by atomic mass is 9.82. The lowest BCUT2D eigenvalue weighted by molar-refractivity contribution is -0.248. The molecule has 1 N–H and O–H groups in total. The first kappa shape index (κ1) is 21.8. The average molecular weight is 390 g/mol. The van der Waals surface area contributed by atoms with E-state index in [0.29, 0.717) is 0 Å². The number of allylic oxidation sites excluding steroid dienone is 2. The third-order valence-corrected chi connectivity index (χ3v) is 4.21. The minimum Gasteiger partial charge on any atom is -0.481 e. The molecule has 0 spiro atoms. The number of esters is 1. The van der Waals surface area contributed by atoms with Gasteiger partial charge < -0.3 is 24.1 Å². The largest absolute Gasteiger partial charge is 0.481 e. The predicted octanol–water partition coefficient (Wildman–Crippen LogP) is 2.71. The normalized spacial score (nSPS) is 21.0. The average Bonchev–Trinajstić information content (AvgIpc) is 2.71. The van der Waals surface area contributed by atoms with Crippen LogP contribution in [0.5, 0.6) is 0 Å². The van der Waals surface area contributed by atoms with Crippen LogP contribution in [0, 0.1) is 5.92 Å². The highest BCUT2D eigenvalue weighted by Crippen LogP contribution is 2.35. The maximum atomic E-state index is 12.2. The fraction of sp³-hybridized carbons (Fsp3) is 0.429. The number of carbonyl (C=O) groups is 2. The van der Waals surface area contributed by atoms with Crippen LogP contribution in [0.25, 0.3) is 0 Å². The maximum absolute atomic E-state index is 12.2. The molecular weight excluding hydrogens is 364 g/mol. The van der Waals surface area contributed by atoms with Crippen molar-refractivity contribution in [2.24, 2.45) is 5.92 Å². The predicted molar refractivity (Wildman–Crippen MR) is 101 cm³/mol. The molecule has 0 aromatic heterocycles. The van der Waals surface area contributed by atoms with E-state index >= 15 is 0 Å². The molecule has 2 atom stereocenters. The molecule has 0 saturated heterocycles. The number of aliphatic carboxylic acids is 1.